The van der Waals surface area contributed by atoms with Crippen molar-refractivity contribution in [2.45, 2.75) is 30.3 Å². The monoisotopic (exact) mass is 352 g/mol. The first kappa shape index (κ1) is 19.3. The maximum absolute atomic E-state index is 12.9. The highest BCUT2D eigenvalue weighted by Crippen LogP contribution is 2.22. The number of nitrogens with two attached hydrogens (primary N) is 1. The van der Waals surface area contributed by atoms with Gasteiger partial charge < -0.3 is 10.5 Å². The van der Waals surface area contributed by atoms with Gasteiger partial charge in [0.25, 0.3) is 0 Å². The van der Waals surface area contributed by atoms with Gasteiger partial charge in [-0.3, -0.25) is 0 Å². The molecule has 0 unspecified atom stereocenters. The predicted octanol–water partition coefficient (Wildman–Crippen LogP) is 1.77. The van der Waals surface area contributed by atoms with Crippen LogP contribution in [0.5, 0.6) is 0 Å². The molecule has 0 saturated carbocycles. The van der Waals surface area contributed by atoms with E-state index in [1.54, 1.807) is 0 Å². The molecule has 0 amide bonds. The summed E-state index contributed by atoms with van der Waals surface area (Å²) in [5.74, 6) is -0.444. The largest absolute Gasteiger partial charge is 0.378 e. The van der Waals surface area contributed by atoms with E-state index in [0.29, 0.717) is 39.1 Å². The van der Waals surface area contributed by atoms with Gasteiger partial charge in [-0.05, 0) is 50.1 Å². The highest BCUT2D eigenvalue weighted by molar-refractivity contribution is 7.89. The molecular weight excluding hydrogens is 331 g/mol. The number of piperidine rings is 1. The number of benzene rings is 1. The zero-order chi connectivity index (χ0) is 15.3. The van der Waals surface area contributed by atoms with Crippen molar-refractivity contribution in [1.82, 2.24) is 4.31 Å². The number of ether oxygens (including phenoxy) is 1. The van der Waals surface area contributed by atoms with E-state index in [4.69, 9.17) is 10.5 Å². The molecule has 22 heavy (non-hydrogen) atoms. The molecule has 0 radical (unpaired) electrons. The average molecular weight is 353 g/mol. The van der Waals surface area contributed by atoms with E-state index in [-0.39, 0.29) is 23.4 Å². The van der Waals surface area contributed by atoms with Crippen LogP contribution in [0.3, 0.4) is 0 Å². The fraction of sp³-hybridized carbons (Fsp3) is 0.571. The summed E-state index contributed by atoms with van der Waals surface area (Å²) in [4.78, 5) is 0.131. The lowest BCUT2D eigenvalue weighted by Gasteiger charge is -2.31. The van der Waals surface area contributed by atoms with E-state index in [9.17, 15) is 12.8 Å². The molecule has 1 aliphatic heterocycles. The molecule has 2 rings (SSSR count). The summed E-state index contributed by atoms with van der Waals surface area (Å²) >= 11 is 0. The molecule has 5 nitrogen and oxygen atoms in total. The molecule has 1 aromatic carbocycles. The Kier molecular flexibility index (Phi) is 7.71. The van der Waals surface area contributed by atoms with Crippen LogP contribution in [-0.4, -0.2) is 45.1 Å². The molecule has 1 heterocycles. The molecule has 1 saturated heterocycles. The third-order valence-electron chi connectivity index (χ3n) is 3.55. The second kappa shape index (κ2) is 8.79. The fourth-order valence-corrected chi connectivity index (χ4v) is 3.80. The number of hydrogen-bond acceptors (Lipinski definition) is 4. The van der Waals surface area contributed by atoms with Crippen LogP contribution in [0.1, 0.15) is 19.3 Å². The summed E-state index contributed by atoms with van der Waals surface area (Å²) in [5.41, 5.74) is 5.40. The predicted molar refractivity (Wildman–Crippen MR) is 85.1 cm³/mol. The maximum atomic E-state index is 12.9. The Morgan fingerprint density at radius 3 is 2.36 bits per heavy atom. The lowest BCUT2D eigenvalue weighted by molar-refractivity contribution is 0.0209. The first-order valence-electron chi connectivity index (χ1n) is 7.11. The van der Waals surface area contributed by atoms with Crippen LogP contribution >= 0.6 is 12.4 Å². The Balaban J connectivity index is 0.00000242. The molecule has 0 spiro atoms. The summed E-state index contributed by atoms with van der Waals surface area (Å²) in [6, 6.07) is 4.92. The van der Waals surface area contributed by atoms with Crippen LogP contribution < -0.4 is 5.73 Å². The second-order valence-corrected chi connectivity index (χ2v) is 7.01. The van der Waals surface area contributed by atoms with Crippen LogP contribution in [0.25, 0.3) is 0 Å². The number of hydrogen-bond donors (Lipinski definition) is 1. The van der Waals surface area contributed by atoms with Crippen molar-refractivity contribution in [3.63, 3.8) is 0 Å². The normalized spacial score (nSPS) is 17.2. The van der Waals surface area contributed by atoms with Gasteiger partial charge in [0, 0.05) is 19.7 Å². The molecule has 1 aromatic rings. The highest BCUT2D eigenvalue weighted by atomic mass is 35.5. The lowest BCUT2D eigenvalue weighted by atomic mass is 10.1. The molecule has 2 N–H and O–H groups in total. The van der Waals surface area contributed by atoms with Gasteiger partial charge >= 0.3 is 0 Å². The van der Waals surface area contributed by atoms with E-state index < -0.39 is 15.8 Å². The Hall–Kier alpha value is -0.730. The van der Waals surface area contributed by atoms with Gasteiger partial charge in [-0.15, -0.1) is 12.4 Å². The second-order valence-electron chi connectivity index (χ2n) is 5.07. The maximum Gasteiger partial charge on any atom is 0.243 e. The van der Waals surface area contributed by atoms with Crippen molar-refractivity contribution < 1.29 is 17.5 Å². The third-order valence-corrected chi connectivity index (χ3v) is 5.47. The van der Waals surface area contributed by atoms with Crippen molar-refractivity contribution in [2.24, 2.45) is 5.73 Å². The smallest absolute Gasteiger partial charge is 0.243 e. The van der Waals surface area contributed by atoms with E-state index in [1.807, 2.05) is 0 Å². The minimum Gasteiger partial charge on any atom is -0.378 e. The van der Waals surface area contributed by atoms with Crippen molar-refractivity contribution >= 4 is 22.4 Å². The third kappa shape index (κ3) is 4.89. The molecule has 126 valence electrons. The average Bonchev–Trinajstić information content (AvgIpc) is 2.48. The molecule has 1 fully saturated rings. The minimum atomic E-state index is -3.54. The Bertz CT molecular complexity index is 546. The van der Waals surface area contributed by atoms with Crippen LogP contribution in [0, 0.1) is 5.82 Å². The fourth-order valence-electron chi connectivity index (χ4n) is 2.33. The molecular formula is C14H22ClFN2O3S. The van der Waals surface area contributed by atoms with Crippen LogP contribution in [-0.2, 0) is 14.8 Å². The quantitative estimate of drug-likeness (QED) is 0.792. The molecule has 0 bridgehead atoms. The van der Waals surface area contributed by atoms with E-state index in [2.05, 4.69) is 0 Å². The van der Waals surface area contributed by atoms with E-state index >= 15 is 0 Å². The van der Waals surface area contributed by atoms with Gasteiger partial charge in [0.05, 0.1) is 11.0 Å². The SMILES string of the molecule is Cl.NCCCOC1CCN(S(=O)(=O)c2ccc(F)cc2)CC1. The summed E-state index contributed by atoms with van der Waals surface area (Å²) in [7, 11) is -3.54. The van der Waals surface area contributed by atoms with Gasteiger partial charge in [0.2, 0.25) is 10.0 Å². The minimum absolute atomic E-state index is 0. The zero-order valence-corrected chi connectivity index (χ0v) is 13.9. The van der Waals surface area contributed by atoms with Crippen molar-refractivity contribution in [2.75, 3.05) is 26.2 Å². The number of halogens is 2. The van der Waals surface area contributed by atoms with Crippen molar-refractivity contribution in [3.05, 3.63) is 30.1 Å². The summed E-state index contributed by atoms with van der Waals surface area (Å²) in [5, 5.41) is 0. The van der Waals surface area contributed by atoms with E-state index in [0.717, 1.165) is 18.6 Å². The summed E-state index contributed by atoms with van der Waals surface area (Å²) in [6.45, 7) is 2.06. The number of nitrogens with zero attached hydrogens (tertiary/aromatic N) is 1. The first-order valence-corrected chi connectivity index (χ1v) is 8.55. The Morgan fingerprint density at radius 1 is 1.23 bits per heavy atom. The van der Waals surface area contributed by atoms with Gasteiger partial charge in [-0.2, -0.15) is 4.31 Å². The Morgan fingerprint density at radius 2 is 1.82 bits per heavy atom. The molecule has 0 atom stereocenters. The van der Waals surface area contributed by atoms with Gasteiger partial charge in [0.1, 0.15) is 5.82 Å². The number of rotatable bonds is 6. The summed E-state index contributed by atoms with van der Waals surface area (Å²) in [6.07, 6.45) is 2.25. The van der Waals surface area contributed by atoms with Gasteiger partial charge in [0.15, 0.2) is 0 Å². The molecule has 0 aromatic heterocycles. The molecule has 0 aliphatic carbocycles. The molecule has 1 aliphatic rings. The van der Waals surface area contributed by atoms with Crippen molar-refractivity contribution in [1.29, 1.82) is 0 Å². The molecule has 8 heteroatoms. The van der Waals surface area contributed by atoms with Crippen LogP contribution in [0.2, 0.25) is 0 Å². The van der Waals surface area contributed by atoms with Crippen LogP contribution in [0.4, 0.5) is 4.39 Å². The number of sulfonamides is 1. The first-order chi connectivity index (χ1) is 10.0. The standard InChI is InChI=1S/C14H21FN2O3S.ClH/c15-12-2-4-14(5-3-12)21(18,19)17-9-6-13(7-10-17)20-11-1-8-16;/h2-5,13H,1,6-11,16H2;1H. The van der Waals surface area contributed by atoms with Gasteiger partial charge in [-0.25, -0.2) is 12.8 Å². The topological polar surface area (TPSA) is 72.6 Å². The Labute approximate surface area is 137 Å². The van der Waals surface area contributed by atoms with E-state index in [1.165, 1.54) is 16.4 Å². The van der Waals surface area contributed by atoms with Gasteiger partial charge in [-0.1, -0.05) is 0 Å². The summed E-state index contributed by atoms with van der Waals surface area (Å²) < 4.78 is 44.8. The van der Waals surface area contributed by atoms with Crippen LogP contribution in [0.15, 0.2) is 29.2 Å². The highest BCUT2D eigenvalue weighted by Gasteiger charge is 2.29. The van der Waals surface area contributed by atoms with Crippen molar-refractivity contribution in [3.8, 4) is 0 Å². The lowest BCUT2D eigenvalue weighted by Crippen LogP contribution is -2.41. The zero-order valence-electron chi connectivity index (χ0n) is 12.3.